The van der Waals surface area contributed by atoms with Gasteiger partial charge in [-0.1, -0.05) is 6.07 Å². The average molecular weight is 462 g/mol. The van der Waals surface area contributed by atoms with Crippen molar-refractivity contribution in [1.29, 1.82) is 0 Å². The number of aromatic nitrogens is 1. The van der Waals surface area contributed by atoms with Gasteiger partial charge < -0.3 is 20.1 Å². The molecule has 0 aliphatic carbocycles. The highest BCUT2D eigenvalue weighted by molar-refractivity contribution is 14.0. The van der Waals surface area contributed by atoms with E-state index in [1.807, 2.05) is 24.4 Å². The Labute approximate surface area is 168 Å². The fourth-order valence-corrected chi connectivity index (χ4v) is 2.62. The molecule has 1 fully saturated rings. The molecule has 1 saturated heterocycles. The lowest BCUT2D eigenvalue weighted by molar-refractivity contribution is 0.0203. The molecule has 1 aliphatic rings. The van der Waals surface area contributed by atoms with Gasteiger partial charge in [0.1, 0.15) is 0 Å². The summed E-state index contributed by atoms with van der Waals surface area (Å²) in [5.74, 6) is 1.50. The van der Waals surface area contributed by atoms with Crippen molar-refractivity contribution in [3.63, 3.8) is 0 Å². The van der Waals surface area contributed by atoms with Crippen molar-refractivity contribution in [2.45, 2.75) is 25.7 Å². The minimum absolute atomic E-state index is 0. The number of nitrogens with zero attached hydrogens (tertiary/aromatic N) is 2. The molecular formula is C18H31IN4O2. The number of ether oxygens (including phenoxy) is 2. The summed E-state index contributed by atoms with van der Waals surface area (Å²) in [5, 5.41) is 6.62. The molecule has 2 N–H and O–H groups in total. The molecule has 0 unspecified atom stereocenters. The predicted octanol–water partition coefficient (Wildman–Crippen LogP) is 2.24. The molecule has 0 bridgehead atoms. The largest absolute Gasteiger partial charge is 0.381 e. The van der Waals surface area contributed by atoms with Crippen molar-refractivity contribution >= 4 is 29.9 Å². The summed E-state index contributed by atoms with van der Waals surface area (Å²) in [6.07, 6.45) is 5.94. The summed E-state index contributed by atoms with van der Waals surface area (Å²) in [6, 6.07) is 5.98. The summed E-state index contributed by atoms with van der Waals surface area (Å²) < 4.78 is 11.1. The lowest BCUT2D eigenvalue weighted by Crippen LogP contribution is -2.39. The zero-order valence-electron chi connectivity index (χ0n) is 15.1. The van der Waals surface area contributed by atoms with Gasteiger partial charge in [0.25, 0.3) is 0 Å². The summed E-state index contributed by atoms with van der Waals surface area (Å²) in [5.41, 5.74) is 1.09. The normalized spacial score (nSPS) is 15.5. The molecule has 7 heteroatoms. The van der Waals surface area contributed by atoms with E-state index in [0.29, 0.717) is 5.92 Å². The Bertz CT molecular complexity index is 467. The Morgan fingerprint density at radius 3 is 2.80 bits per heavy atom. The first-order chi connectivity index (χ1) is 11.9. The van der Waals surface area contributed by atoms with Gasteiger partial charge in [0, 0.05) is 64.9 Å². The number of halogens is 1. The maximum absolute atomic E-state index is 5.76. The molecule has 0 saturated carbocycles. The molecule has 2 rings (SSSR count). The van der Waals surface area contributed by atoms with Crippen molar-refractivity contribution in [3.05, 3.63) is 30.1 Å². The van der Waals surface area contributed by atoms with Gasteiger partial charge in [0.05, 0.1) is 0 Å². The molecule has 25 heavy (non-hydrogen) atoms. The van der Waals surface area contributed by atoms with Crippen molar-refractivity contribution in [2.75, 3.05) is 46.6 Å². The van der Waals surface area contributed by atoms with E-state index in [2.05, 4.69) is 20.6 Å². The van der Waals surface area contributed by atoms with Crippen LogP contribution in [0.5, 0.6) is 0 Å². The summed E-state index contributed by atoms with van der Waals surface area (Å²) in [7, 11) is 1.79. The number of hydrogen-bond acceptors (Lipinski definition) is 4. The van der Waals surface area contributed by atoms with Crippen LogP contribution in [-0.2, 0) is 15.9 Å². The van der Waals surface area contributed by atoms with Crippen molar-refractivity contribution in [1.82, 2.24) is 15.6 Å². The Balaban J connectivity index is 0.00000312. The predicted molar refractivity (Wildman–Crippen MR) is 112 cm³/mol. The second kappa shape index (κ2) is 14.3. The third-order valence-electron chi connectivity index (χ3n) is 4.08. The van der Waals surface area contributed by atoms with Crippen LogP contribution in [-0.4, -0.2) is 57.5 Å². The number of guanidine groups is 1. The molecule has 0 amide bonds. The Morgan fingerprint density at radius 2 is 2.08 bits per heavy atom. The van der Waals surface area contributed by atoms with E-state index in [1.54, 1.807) is 7.05 Å². The van der Waals surface area contributed by atoms with Gasteiger partial charge in [-0.05, 0) is 37.3 Å². The average Bonchev–Trinajstić information content (AvgIpc) is 2.64. The van der Waals surface area contributed by atoms with Gasteiger partial charge in [0.2, 0.25) is 0 Å². The van der Waals surface area contributed by atoms with Gasteiger partial charge in [-0.15, -0.1) is 24.0 Å². The zero-order valence-corrected chi connectivity index (χ0v) is 17.4. The highest BCUT2D eigenvalue weighted by atomic mass is 127. The Hall–Kier alpha value is -0.930. The van der Waals surface area contributed by atoms with Crippen LogP contribution in [0.3, 0.4) is 0 Å². The Kier molecular flexibility index (Phi) is 12.6. The van der Waals surface area contributed by atoms with E-state index in [1.165, 1.54) is 0 Å². The van der Waals surface area contributed by atoms with Gasteiger partial charge in [-0.2, -0.15) is 0 Å². The lowest BCUT2D eigenvalue weighted by atomic mass is 10.0. The zero-order chi connectivity index (χ0) is 16.9. The standard InChI is InChI=1S/C18H30N4O2.HI/c1-19-18(22-11-6-17-5-2-3-9-20-17)21-10-4-12-24-15-16-7-13-23-14-8-16;/h2-3,5,9,16H,4,6-8,10-15H2,1H3,(H2,19,21,22);1H. The van der Waals surface area contributed by atoms with E-state index >= 15 is 0 Å². The van der Waals surface area contributed by atoms with Crippen LogP contribution in [0.4, 0.5) is 0 Å². The molecule has 1 aromatic heterocycles. The lowest BCUT2D eigenvalue weighted by Gasteiger charge is -2.21. The van der Waals surface area contributed by atoms with Crippen LogP contribution in [0.2, 0.25) is 0 Å². The first-order valence-electron chi connectivity index (χ1n) is 8.88. The molecule has 0 atom stereocenters. The molecular weight excluding hydrogens is 431 g/mol. The molecule has 0 spiro atoms. The second-order valence-corrected chi connectivity index (χ2v) is 5.98. The Morgan fingerprint density at radius 1 is 1.28 bits per heavy atom. The van der Waals surface area contributed by atoms with Crippen LogP contribution in [0.25, 0.3) is 0 Å². The third kappa shape index (κ3) is 9.96. The summed E-state index contributed by atoms with van der Waals surface area (Å²) in [4.78, 5) is 8.54. The van der Waals surface area contributed by atoms with E-state index < -0.39 is 0 Å². The highest BCUT2D eigenvalue weighted by Crippen LogP contribution is 2.14. The van der Waals surface area contributed by atoms with Crippen LogP contribution < -0.4 is 10.6 Å². The molecule has 6 nitrogen and oxygen atoms in total. The fraction of sp³-hybridized carbons (Fsp3) is 0.667. The number of hydrogen-bond donors (Lipinski definition) is 2. The van der Waals surface area contributed by atoms with Crippen LogP contribution in [0.15, 0.2) is 29.4 Å². The first-order valence-corrected chi connectivity index (χ1v) is 8.88. The molecule has 142 valence electrons. The monoisotopic (exact) mass is 462 g/mol. The van der Waals surface area contributed by atoms with Crippen LogP contribution in [0.1, 0.15) is 25.0 Å². The van der Waals surface area contributed by atoms with Gasteiger partial charge in [-0.25, -0.2) is 0 Å². The van der Waals surface area contributed by atoms with Crippen molar-refractivity contribution in [2.24, 2.45) is 10.9 Å². The third-order valence-corrected chi connectivity index (χ3v) is 4.08. The molecule has 0 aromatic carbocycles. The number of aliphatic imine (C=N–C) groups is 1. The van der Waals surface area contributed by atoms with Gasteiger partial charge in [0.15, 0.2) is 5.96 Å². The molecule has 0 radical (unpaired) electrons. The van der Waals surface area contributed by atoms with Crippen LogP contribution >= 0.6 is 24.0 Å². The summed E-state index contributed by atoms with van der Waals surface area (Å²) >= 11 is 0. The van der Waals surface area contributed by atoms with E-state index in [0.717, 1.165) is 76.9 Å². The minimum Gasteiger partial charge on any atom is -0.381 e. The van der Waals surface area contributed by atoms with Gasteiger partial charge in [-0.3, -0.25) is 9.98 Å². The topological polar surface area (TPSA) is 67.8 Å². The fourth-order valence-electron chi connectivity index (χ4n) is 2.62. The SMILES string of the molecule is CN=C(NCCCOCC1CCOCC1)NCCc1ccccn1.I. The van der Waals surface area contributed by atoms with Crippen molar-refractivity contribution < 1.29 is 9.47 Å². The van der Waals surface area contributed by atoms with Crippen LogP contribution in [0, 0.1) is 5.92 Å². The maximum atomic E-state index is 5.76. The number of pyridine rings is 1. The molecule has 1 aromatic rings. The maximum Gasteiger partial charge on any atom is 0.190 e. The highest BCUT2D eigenvalue weighted by Gasteiger charge is 2.13. The van der Waals surface area contributed by atoms with E-state index in [4.69, 9.17) is 9.47 Å². The quantitative estimate of drug-likeness (QED) is 0.255. The number of rotatable bonds is 9. The number of nitrogens with one attached hydrogen (secondary N) is 2. The minimum atomic E-state index is 0. The van der Waals surface area contributed by atoms with E-state index in [9.17, 15) is 0 Å². The summed E-state index contributed by atoms with van der Waals surface area (Å²) in [6.45, 7) is 5.09. The van der Waals surface area contributed by atoms with Crippen molar-refractivity contribution in [3.8, 4) is 0 Å². The van der Waals surface area contributed by atoms with Gasteiger partial charge >= 0.3 is 0 Å². The molecule has 1 aliphatic heterocycles. The first kappa shape index (κ1) is 22.1. The molecule has 2 heterocycles. The second-order valence-electron chi connectivity index (χ2n) is 5.98. The van der Waals surface area contributed by atoms with E-state index in [-0.39, 0.29) is 24.0 Å². The smallest absolute Gasteiger partial charge is 0.190 e.